The van der Waals surface area contributed by atoms with Crippen LogP contribution in [0, 0.1) is 5.92 Å². The second-order valence-corrected chi connectivity index (χ2v) is 5.77. The number of nitrogens with two attached hydrogens (primary N) is 1. The predicted molar refractivity (Wildman–Crippen MR) is 73.0 cm³/mol. The summed E-state index contributed by atoms with van der Waals surface area (Å²) in [6, 6.07) is -0.540. The van der Waals surface area contributed by atoms with Crippen LogP contribution in [-0.4, -0.2) is 46.5 Å². The first kappa shape index (κ1) is 16.3. The highest BCUT2D eigenvalue weighted by atomic mass is 16.4. The van der Waals surface area contributed by atoms with E-state index in [0.717, 1.165) is 12.8 Å². The van der Waals surface area contributed by atoms with Crippen molar-refractivity contribution >= 4 is 17.9 Å². The third kappa shape index (κ3) is 4.11. The molecule has 114 valence electrons. The summed E-state index contributed by atoms with van der Waals surface area (Å²) in [4.78, 5) is 35.9. The number of carbonyl (C=O) groups excluding carboxylic acids is 2. The van der Waals surface area contributed by atoms with Crippen molar-refractivity contribution in [3.63, 3.8) is 0 Å². The molecule has 0 spiro atoms. The van der Waals surface area contributed by atoms with E-state index in [2.05, 4.69) is 5.32 Å². The van der Waals surface area contributed by atoms with Crippen molar-refractivity contribution in [2.24, 2.45) is 11.7 Å². The number of carbonyl (C=O) groups is 3. The van der Waals surface area contributed by atoms with Crippen LogP contribution in [0.5, 0.6) is 0 Å². The summed E-state index contributed by atoms with van der Waals surface area (Å²) in [5.74, 6) is -1.48. The van der Waals surface area contributed by atoms with Crippen LogP contribution in [0.4, 0.5) is 4.79 Å². The Morgan fingerprint density at radius 2 is 1.85 bits per heavy atom. The predicted octanol–water partition coefficient (Wildman–Crippen LogP) is 0.537. The van der Waals surface area contributed by atoms with Gasteiger partial charge >= 0.3 is 12.0 Å². The maximum atomic E-state index is 12.2. The van der Waals surface area contributed by atoms with Crippen LogP contribution in [0.1, 0.15) is 39.5 Å². The van der Waals surface area contributed by atoms with Gasteiger partial charge in [-0.3, -0.25) is 4.79 Å². The van der Waals surface area contributed by atoms with Gasteiger partial charge in [0, 0.05) is 6.54 Å². The molecule has 1 rings (SSSR count). The number of aliphatic carboxylic acids is 1. The van der Waals surface area contributed by atoms with E-state index < -0.39 is 23.4 Å². The van der Waals surface area contributed by atoms with Gasteiger partial charge < -0.3 is 21.1 Å². The van der Waals surface area contributed by atoms with Gasteiger partial charge in [-0.2, -0.15) is 0 Å². The fraction of sp³-hybridized carbons (Fsp3) is 0.769. The summed E-state index contributed by atoms with van der Waals surface area (Å²) in [6.07, 6.45) is 2.37. The van der Waals surface area contributed by atoms with Gasteiger partial charge in [0.1, 0.15) is 12.1 Å². The van der Waals surface area contributed by atoms with E-state index >= 15 is 0 Å². The third-order valence-corrected chi connectivity index (χ3v) is 3.43. The molecule has 7 nitrogen and oxygen atoms in total. The average Bonchev–Trinajstić information content (AvgIpc) is 2.76. The van der Waals surface area contributed by atoms with Crippen LogP contribution in [-0.2, 0) is 9.59 Å². The Kier molecular flexibility index (Phi) is 5.35. The second kappa shape index (κ2) is 6.58. The molecule has 1 saturated carbocycles. The number of urea groups is 1. The molecule has 1 fully saturated rings. The lowest BCUT2D eigenvalue weighted by Crippen LogP contribution is -2.57. The molecular formula is C13H23N3O4. The number of hydrogen-bond acceptors (Lipinski definition) is 3. The number of rotatable bonds is 6. The maximum absolute atomic E-state index is 12.2. The molecule has 0 atom stereocenters. The fourth-order valence-electron chi connectivity index (χ4n) is 2.50. The van der Waals surface area contributed by atoms with E-state index in [4.69, 9.17) is 5.73 Å². The number of hydrogen-bond donors (Lipinski definition) is 3. The van der Waals surface area contributed by atoms with E-state index in [1.807, 2.05) is 13.8 Å². The van der Waals surface area contributed by atoms with Crippen LogP contribution in [0.3, 0.4) is 0 Å². The first-order chi connectivity index (χ1) is 9.27. The van der Waals surface area contributed by atoms with E-state index in [0.29, 0.717) is 19.4 Å². The molecule has 0 bridgehead atoms. The van der Waals surface area contributed by atoms with Gasteiger partial charge in [-0.1, -0.05) is 26.7 Å². The molecule has 0 radical (unpaired) electrons. The summed E-state index contributed by atoms with van der Waals surface area (Å²) in [7, 11) is 0. The highest BCUT2D eigenvalue weighted by Crippen LogP contribution is 2.30. The summed E-state index contributed by atoms with van der Waals surface area (Å²) in [5.41, 5.74) is 3.93. The van der Waals surface area contributed by atoms with Crippen molar-refractivity contribution in [1.29, 1.82) is 0 Å². The van der Waals surface area contributed by atoms with E-state index in [-0.39, 0.29) is 12.5 Å². The number of primary amides is 1. The summed E-state index contributed by atoms with van der Waals surface area (Å²) in [6.45, 7) is 3.96. The highest BCUT2D eigenvalue weighted by molar-refractivity contribution is 5.88. The Bertz CT molecular complexity index is 389. The zero-order valence-electron chi connectivity index (χ0n) is 12.0. The van der Waals surface area contributed by atoms with Crippen molar-refractivity contribution < 1.29 is 19.5 Å². The zero-order chi connectivity index (χ0) is 15.3. The number of amides is 3. The number of carboxylic acids is 1. The lowest BCUT2D eigenvalue weighted by atomic mass is 9.98. The Morgan fingerprint density at radius 3 is 2.25 bits per heavy atom. The van der Waals surface area contributed by atoms with Crippen LogP contribution in [0.2, 0.25) is 0 Å². The summed E-state index contributed by atoms with van der Waals surface area (Å²) < 4.78 is 0. The largest absolute Gasteiger partial charge is 0.480 e. The van der Waals surface area contributed by atoms with Crippen molar-refractivity contribution in [3.8, 4) is 0 Å². The molecule has 3 amide bonds. The number of nitrogens with one attached hydrogen (secondary N) is 1. The molecule has 0 heterocycles. The SMILES string of the molecule is CC(C)CN(CC(N)=O)C(=O)NC1(C(=O)O)CCCC1. The Hall–Kier alpha value is -1.79. The van der Waals surface area contributed by atoms with Crippen molar-refractivity contribution in [1.82, 2.24) is 10.2 Å². The van der Waals surface area contributed by atoms with Gasteiger partial charge in [-0.15, -0.1) is 0 Å². The first-order valence-corrected chi connectivity index (χ1v) is 6.85. The molecule has 0 aromatic rings. The molecule has 0 aromatic heterocycles. The molecule has 0 saturated heterocycles. The average molecular weight is 285 g/mol. The van der Waals surface area contributed by atoms with Gasteiger partial charge in [0.05, 0.1) is 0 Å². The van der Waals surface area contributed by atoms with Crippen LogP contribution in [0.25, 0.3) is 0 Å². The van der Waals surface area contributed by atoms with Gasteiger partial charge in [-0.25, -0.2) is 9.59 Å². The van der Waals surface area contributed by atoms with E-state index in [1.165, 1.54) is 4.90 Å². The van der Waals surface area contributed by atoms with Crippen molar-refractivity contribution in [2.45, 2.75) is 45.1 Å². The zero-order valence-corrected chi connectivity index (χ0v) is 12.0. The Labute approximate surface area is 118 Å². The van der Waals surface area contributed by atoms with Gasteiger partial charge in [-0.05, 0) is 18.8 Å². The monoisotopic (exact) mass is 285 g/mol. The summed E-state index contributed by atoms with van der Waals surface area (Å²) >= 11 is 0. The summed E-state index contributed by atoms with van der Waals surface area (Å²) in [5, 5.41) is 11.9. The van der Waals surface area contributed by atoms with Crippen LogP contribution < -0.4 is 11.1 Å². The number of carboxylic acid groups (broad SMARTS) is 1. The molecule has 0 unspecified atom stereocenters. The smallest absolute Gasteiger partial charge is 0.329 e. The highest BCUT2D eigenvalue weighted by Gasteiger charge is 2.43. The normalized spacial score (nSPS) is 16.9. The van der Waals surface area contributed by atoms with Crippen molar-refractivity contribution in [3.05, 3.63) is 0 Å². The third-order valence-electron chi connectivity index (χ3n) is 3.43. The quantitative estimate of drug-likeness (QED) is 0.661. The Morgan fingerprint density at radius 1 is 1.30 bits per heavy atom. The standard InChI is InChI=1S/C13H23N3O4/c1-9(2)7-16(8-10(14)17)12(20)15-13(11(18)19)5-3-4-6-13/h9H,3-8H2,1-2H3,(H2,14,17)(H,15,20)(H,18,19). The molecule has 1 aliphatic carbocycles. The molecular weight excluding hydrogens is 262 g/mol. The van der Waals surface area contributed by atoms with Gasteiger partial charge in [0.15, 0.2) is 0 Å². The molecule has 0 aromatic carbocycles. The Balaban J connectivity index is 2.78. The topological polar surface area (TPSA) is 113 Å². The molecule has 1 aliphatic rings. The minimum Gasteiger partial charge on any atom is -0.480 e. The molecule has 7 heteroatoms. The lowest BCUT2D eigenvalue weighted by Gasteiger charge is -2.30. The lowest BCUT2D eigenvalue weighted by molar-refractivity contribution is -0.144. The van der Waals surface area contributed by atoms with Crippen LogP contribution in [0.15, 0.2) is 0 Å². The molecule has 20 heavy (non-hydrogen) atoms. The van der Waals surface area contributed by atoms with Crippen LogP contribution >= 0.6 is 0 Å². The first-order valence-electron chi connectivity index (χ1n) is 6.85. The van der Waals surface area contributed by atoms with E-state index in [1.54, 1.807) is 0 Å². The van der Waals surface area contributed by atoms with E-state index in [9.17, 15) is 19.5 Å². The van der Waals surface area contributed by atoms with Crippen molar-refractivity contribution in [2.75, 3.05) is 13.1 Å². The fourth-order valence-corrected chi connectivity index (χ4v) is 2.50. The number of nitrogens with zero attached hydrogens (tertiary/aromatic N) is 1. The second-order valence-electron chi connectivity index (χ2n) is 5.77. The molecule has 4 N–H and O–H groups in total. The molecule has 0 aliphatic heterocycles. The van der Waals surface area contributed by atoms with Gasteiger partial charge in [0.2, 0.25) is 5.91 Å². The minimum atomic E-state index is -1.20. The maximum Gasteiger partial charge on any atom is 0.329 e. The minimum absolute atomic E-state index is 0.157. The van der Waals surface area contributed by atoms with Gasteiger partial charge in [0.25, 0.3) is 0 Å².